The predicted molar refractivity (Wildman–Crippen MR) is 367 cm³/mol. The Morgan fingerprint density at radius 3 is 1.08 bits per heavy atom. The highest BCUT2D eigenvalue weighted by molar-refractivity contribution is 6.08. The fourth-order valence-corrected chi connectivity index (χ4v) is 10.6. The SMILES string of the molecule is COc1ccc(NC(=O)[C@H](CCCCN)NC(=O)c2cc(NC(=O)[C@H](CCCCCN)NC(=O)c3cc(NC(=O)[C@H](CCCCN)NC(=O)c4cc(NC(=O)[C@H](CCCCN)NC(=O)[C@@H](N)Cc5c[nH]c6ccccc56)ccc4OC)ccc3OC)ccc2OC)cc1C(N)=O. The van der Waals surface area contributed by atoms with E-state index >= 15 is 0 Å². The van der Waals surface area contributed by atoms with E-state index in [4.69, 9.17) is 53.3 Å². The molecule has 6 rings (SSSR count). The van der Waals surface area contributed by atoms with Crippen molar-refractivity contribution in [2.45, 2.75) is 120 Å². The standard InChI is InChI=1S/C68H91N15O13/c1-93-56-26-22-41(35-46(56)60(74)84)76-66(90)53(19-9-13-31-70)81-62(86)48-36-42(23-27-58(48)95-3)77-65(89)52(18-6-5-12-30-69)80-61(85)47-37-43(24-28-57(47)94-2)78-67(91)54(20-10-14-32-71)82-63(87)49-38-44(25-29-59(49)96-4)79-68(92)55(21-11-15-33-72)83-64(88)50(73)34-40-39-75-51-17-8-7-16-45(40)51/h7-8,16-17,22-29,35-39,50,52-55,75H,5-6,9-15,18-21,30-34,69-73H2,1-4H3,(H2,74,84)(H,76,90)(H,77,89)(H,78,91)(H,79,92)(H,80,85)(H,81,86)(H,82,87)(H,83,88)/t50-,52-,53-,54-,55-/m0/s1. The highest BCUT2D eigenvalue weighted by Gasteiger charge is 2.30. The molecule has 0 radical (unpaired) electrons. The van der Waals surface area contributed by atoms with Gasteiger partial charge in [-0.15, -0.1) is 0 Å². The minimum absolute atomic E-state index is 0.0289. The van der Waals surface area contributed by atoms with Gasteiger partial charge in [0.2, 0.25) is 29.5 Å². The second-order valence-electron chi connectivity index (χ2n) is 22.8. The van der Waals surface area contributed by atoms with Crippen LogP contribution in [0.15, 0.2) is 103 Å². The molecule has 28 heteroatoms. The first-order valence-electron chi connectivity index (χ1n) is 31.9. The van der Waals surface area contributed by atoms with Crippen LogP contribution in [0.3, 0.4) is 0 Å². The van der Waals surface area contributed by atoms with Crippen molar-refractivity contribution in [2.24, 2.45) is 34.4 Å². The van der Waals surface area contributed by atoms with Gasteiger partial charge in [-0.1, -0.05) is 31.0 Å². The fraction of sp³-hybridized carbons (Fsp3) is 0.397. The van der Waals surface area contributed by atoms with Gasteiger partial charge in [-0.3, -0.25) is 43.2 Å². The van der Waals surface area contributed by atoms with Gasteiger partial charge in [-0.05, 0) is 188 Å². The zero-order valence-corrected chi connectivity index (χ0v) is 54.7. The number of benzene rings is 5. The molecule has 5 aromatic carbocycles. The van der Waals surface area contributed by atoms with Crippen LogP contribution in [0.25, 0.3) is 10.9 Å². The zero-order chi connectivity index (χ0) is 69.7. The Kier molecular flexibility index (Phi) is 29.9. The number of H-pyrrole nitrogens is 1. The maximum atomic E-state index is 14.4. The highest BCUT2D eigenvalue weighted by Crippen LogP contribution is 2.29. The van der Waals surface area contributed by atoms with Crippen LogP contribution >= 0.6 is 0 Å². The van der Waals surface area contributed by atoms with Crippen molar-refractivity contribution in [1.82, 2.24) is 26.3 Å². The summed E-state index contributed by atoms with van der Waals surface area (Å²) in [5, 5.41) is 23.3. The van der Waals surface area contributed by atoms with Gasteiger partial charge < -0.3 is 101 Å². The third kappa shape index (κ3) is 21.7. The van der Waals surface area contributed by atoms with Crippen LogP contribution in [0.1, 0.15) is 130 Å². The maximum Gasteiger partial charge on any atom is 0.255 e. The van der Waals surface area contributed by atoms with E-state index in [1.807, 2.05) is 24.3 Å². The number of hydrogen-bond acceptors (Lipinski definition) is 18. The number of methoxy groups -OCH3 is 4. The molecular weight excluding hydrogens is 1230 g/mol. The summed E-state index contributed by atoms with van der Waals surface area (Å²) in [6, 6.07) is 19.5. The van der Waals surface area contributed by atoms with Crippen LogP contribution in [0.2, 0.25) is 0 Å². The summed E-state index contributed by atoms with van der Waals surface area (Å²) in [6.45, 7) is 1.41. The number of rotatable bonds is 40. The average Bonchev–Trinajstić information content (AvgIpc) is 1.35. The number of ether oxygens (including phenoxy) is 4. The summed E-state index contributed by atoms with van der Waals surface area (Å²) in [4.78, 5) is 128. The van der Waals surface area contributed by atoms with Crippen molar-refractivity contribution >= 4 is 86.8 Å². The minimum Gasteiger partial charge on any atom is -0.496 e. The predicted octanol–water partition coefficient (Wildman–Crippen LogP) is 4.41. The number of aromatic nitrogens is 1. The molecule has 0 spiro atoms. The van der Waals surface area contributed by atoms with Gasteiger partial charge in [0.05, 0.1) is 56.7 Å². The largest absolute Gasteiger partial charge is 0.496 e. The van der Waals surface area contributed by atoms with Crippen molar-refractivity contribution in [2.75, 3.05) is 75.9 Å². The van der Waals surface area contributed by atoms with E-state index in [0.29, 0.717) is 84.0 Å². The number of nitrogens with two attached hydrogens (primary N) is 6. The van der Waals surface area contributed by atoms with Crippen LogP contribution in [-0.2, 0) is 30.4 Å². The molecule has 28 nitrogen and oxygen atoms in total. The van der Waals surface area contributed by atoms with E-state index < -0.39 is 83.4 Å². The molecule has 1 aromatic heterocycles. The molecule has 1 heterocycles. The molecule has 0 aliphatic carbocycles. The Morgan fingerprint density at radius 2 is 0.729 bits per heavy atom. The third-order valence-electron chi connectivity index (χ3n) is 15.9. The van der Waals surface area contributed by atoms with Crippen molar-refractivity contribution < 1.29 is 62.1 Å². The lowest BCUT2D eigenvalue weighted by Crippen LogP contribution is -2.50. The number of nitrogens with one attached hydrogen (secondary N) is 9. The molecule has 0 saturated heterocycles. The molecule has 0 bridgehead atoms. The van der Waals surface area contributed by atoms with Gasteiger partial charge in [0, 0.05) is 39.8 Å². The van der Waals surface area contributed by atoms with Crippen LogP contribution in [0.5, 0.6) is 23.0 Å². The smallest absolute Gasteiger partial charge is 0.255 e. The molecule has 0 saturated carbocycles. The molecule has 516 valence electrons. The molecule has 6 aromatic rings. The first-order chi connectivity index (χ1) is 46.3. The van der Waals surface area contributed by atoms with E-state index in [-0.39, 0.29) is 100 Å². The quantitative estimate of drug-likeness (QED) is 0.0237. The number of fused-ring (bicyclic) bond motifs is 1. The van der Waals surface area contributed by atoms with Gasteiger partial charge in [0.25, 0.3) is 23.6 Å². The normalized spacial score (nSPS) is 12.6. The second kappa shape index (κ2) is 38.3. The Bertz CT molecular complexity index is 3660. The zero-order valence-electron chi connectivity index (χ0n) is 54.7. The number of unbranched alkanes of at least 4 members (excludes halogenated alkanes) is 5. The topological polar surface area (TPSA) is 459 Å². The molecule has 0 unspecified atom stereocenters. The number of primary amides is 1. The molecule has 21 N–H and O–H groups in total. The first-order valence-corrected chi connectivity index (χ1v) is 31.9. The second-order valence-corrected chi connectivity index (χ2v) is 22.8. The van der Waals surface area contributed by atoms with Gasteiger partial charge in [-0.2, -0.15) is 0 Å². The van der Waals surface area contributed by atoms with Crippen molar-refractivity contribution in [1.29, 1.82) is 0 Å². The van der Waals surface area contributed by atoms with Crippen molar-refractivity contribution in [3.05, 3.63) is 131 Å². The molecule has 0 aliphatic heterocycles. The summed E-state index contributed by atoms with van der Waals surface area (Å²) in [7, 11) is 5.42. The van der Waals surface area contributed by atoms with Gasteiger partial charge in [0.15, 0.2) is 0 Å². The van der Waals surface area contributed by atoms with Crippen LogP contribution in [0, 0.1) is 0 Å². The number of carbonyl (C=O) groups is 9. The van der Waals surface area contributed by atoms with E-state index in [1.165, 1.54) is 101 Å². The van der Waals surface area contributed by atoms with E-state index in [9.17, 15) is 43.2 Å². The van der Waals surface area contributed by atoms with Gasteiger partial charge in [0.1, 0.15) is 47.2 Å². The molecule has 5 atom stereocenters. The summed E-state index contributed by atoms with van der Waals surface area (Å²) in [5.74, 6) is -5.50. The van der Waals surface area contributed by atoms with Crippen molar-refractivity contribution in [3.63, 3.8) is 0 Å². The summed E-state index contributed by atoms with van der Waals surface area (Å²) >= 11 is 0. The summed E-state index contributed by atoms with van der Waals surface area (Å²) in [6.07, 6.45) is 7.48. The Labute approximate surface area is 557 Å². The van der Waals surface area contributed by atoms with Gasteiger partial charge in [-0.25, -0.2) is 0 Å². The Balaban J connectivity index is 1.17. The fourth-order valence-electron chi connectivity index (χ4n) is 10.6. The van der Waals surface area contributed by atoms with E-state index in [1.54, 1.807) is 6.20 Å². The van der Waals surface area contributed by atoms with E-state index in [0.717, 1.165) is 16.5 Å². The Morgan fingerprint density at radius 1 is 0.406 bits per heavy atom. The number of para-hydroxylation sites is 1. The van der Waals surface area contributed by atoms with Crippen LogP contribution in [-0.4, -0.2) is 143 Å². The number of amides is 9. The lowest BCUT2D eigenvalue weighted by molar-refractivity contribution is -0.127. The average molecular weight is 1330 g/mol. The van der Waals surface area contributed by atoms with Crippen LogP contribution in [0.4, 0.5) is 22.7 Å². The lowest BCUT2D eigenvalue weighted by atomic mass is 10.0. The van der Waals surface area contributed by atoms with E-state index in [2.05, 4.69) is 47.5 Å². The number of aromatic amines is 1. The number of carbonyl (C=O) groups excluding carboxylic acids is 9. The molecule has 0 aliphatic rings. The summed E-state index contributed by atoms with van der Waals surface area (Å²) < 4.78 is 21.9. The van der Waals surface area contributed by atoms with Crippen molar-refractivity contribution in [3.8, 4) is 23.0 Å². The number of anilines is 4. The number of hydrogen-bond donors (Lipinski definition) is 15. The van der Waals surface area contributed by atoms with Gasteiger partial charge >= 0.3 is 0 Å². The minimum atomic E-state index is -1.18. The monoisotopic (exact) mass is 1330 g/mol. The maximum absolute atomic E-state index is 14.4. The lowest BCUT2D eigenvalue weighted by Gasteiger charge is -2.22. The molecule has 96 heavy (non-hydrogen) atoms. The summed E-state index contributed by atoms with van der Waals surface area (Å²) in [5.41, 5.74) is 37.4. The third-order valence-corrected chi connectivity index (χ3v) is 15.9. The molecule has 0 fully saturated rings. The molecule has 9 amide bonds. The molecular formula is C68H91N15O13. The van der Waals surface area contributed by atoms with Crippen LogP contribution < -0.4 is 95.9 Å². The first kappa shape index (κ1) is 74.9. The highest BCUT2D eigenvalue weighted by atomic mass is 16.5. The Hall–Kier alpha value is -10.1.